The van der Waals surface area contributed by atoms with Crippen LogP contribution in [-0.2, 0) is 16.0 Å². The molecule has 1 rings (SSSR count). The molecule has 0 aliphatic rings. The number of benzene rings is 1. The lowest BCUT2D eigenvalue weighted by atomic mass is 9.98. The molecule has 0 saturated heterocycles. The summed E-state index contributed by atoms with van der Waals surface area (Å²) >= 11 is 3.40. The van der Waals surface area contributed by atoms with E-state index >= 15 is 0 Å². The van der Waals surface area contributed by atoms with Gasteiger partial charge in [0.15, 0.2) is 0 Å². The smallest absolute Gasteiger partial charge is 0.303 e. The molecule has 0 aromatic heterocycles. The summed E-state index contributed by atoms with van der Waals surface area (Å²) < 4.78 is 5.97. The van der Waals surface area contributed by atoms with E-state index in [9.17, 15) is 9.59 Å². The Morgan fingerprint density at radius 3 is 2.62 bits per heavy atom. The summed E-state index contributed by atoms with van der Waals surface area (Å²) in [4.78, 5) is 22.7. The number of ether oxygens (including phenoxy) is 1. The van der Waals surface area contributed by atoms with Crippen molar-refractivity contribution in [2.24, 2.45) is 0 Å². The van der Waals surface area contributed by atoms with E-state index in [-0.39, 0.29) is 18.7 Å². The fourth-order valence-corrected chi connectivity index (χ4v) is 2.28. The number of carbonyl (C=O) groups is 2. The van der Waals surface area contributed by atoms with Gasteiger partial charge in [-0.3, -0.25) is 9.59 Å². The van der Waals surface area contributed by atoms with Gasteiger partial charge in [-0.25, -0.2) is 0 Å². The minimum atomic E-state index is -0.868. The van der Waals surface area contributed by atoms with Crippen LogP contribution < -0.4 is 10.1 Å². The normalized spacial score (nSPS) is 11.0. The molecule has 6 heteroatoms. The highest BCUT2D eigenvalue weighted by Gasteiger charge is 2.22. The molecule has 1 aromatic carbocycles. The molecule has 0 spiro atoms. The van der Waals surface area contributed by atoms with Crippen LogP contribution in [0.4, 0.5) is 0 Å². The van der Waals surface area contributed by atoms with Crippen LogP contribution in [0.15, 0.2) is 22.7 Å². The van der Waals surface area contributed by atoms with Crippen LogP contribution in [-0.4, -0.2) is 29.6 Å². The first kappa shape index (κ1) is 17.5. The monoisotopic (exact) mass is 357 g/mol. The van der Waals surface area contributed by atoms with Crippen molar-refractivity contribution < 1.29 is 19.4 Å². The van der Waals surface area contributed by atoms with Gasteiger partial charge in [0.25, 0.3) is 0 Å². The zero-order valence-corrected chi connectivity index (χ0v) is 14.0. The average Bonchev–Trinajstić information content (AvgIpc) is 2.38. The molecule has 5 nitrogen and oxygen atoms in total. The molecule has 0 aliphatic heterocycles. The number of carboxylic acid groups (broad SMARTS) is 1. The number of carbonyl (C=O) groups excluding carboxylic acids is 1. The SMILES string of the molecule is COc1ccc(Br)c(CC(=O)NC(C)(C)CCC(=O)O)c1. The van der Waals surface area contributed by atoms with Crippen LogP contribution >= 0.6 is 15.9 Å². The maximum absolute atomic E-state index is 12.1. The van der Waals surface area contributed by atoms with Crippen molar-refractivity contribution >= 4 is 27.8 Å². The number of rotatable bonds is 7. The fourth-order valence-electron chi connectivity index (χ4n) is 1.89. The first-order valence-corrected chi connectivity index (χ1v) is 7.38. The first-order valence-electron chi connectivity index (χ1n) is 6.59. The molecule has 1 aromatic rings. The third-order valence-corrected chi connectivity index (χ3v) is 3.82. The fraction of sp³-hybridized carbons (Fsp3) is 0.467. The Labute approximate surface area is 132 Å². The van der Waals surface area contributed by atoms with Crippen LogP contribution in [0.5, 0.6) is 5.75 Å². The lowest BCUT2D eigenvalue weighted by Gasteiger charge is -2.25. The van der Waals surface area contributed by atoms with E-state index < -0.39 is 11.5 Å². The molecule has 0 saturated carbocycles. The number of amides is 1. The highest BCUT2D eigenvalue weighted by atomic mass is 79.9. The summed E-state index contributed by atoms with van der Waals surface area (Å²) in [6, 6.07) is 5.44. The van der Waals surface area contributed by atoms with Gasteiger partial charge < -0.3 is 15.2 Å². The molecule has 0 radical (unpaired) electrons. The third kappa shape index (κ3) is 6.16. The average molecular weight is 358 g/mol. The van der Waals surface area contributed by atoms with E-state index in [0.717, 1.165) is 10.0 Å². The Kier molecular flexibility index (Phi) is 6.20. The Balaban J connectivity index is 2.66. The number of hydrogen-bond acceptors (Lipinski definition) is 3. The van der Waals surface area contributed by atoms with Gasteiger partial charge >= 0.3 is 5.97 Å². The number of carboxylic acids is 1. The van der Waals surface area contributed by atoms with Crippen LogP contribution in [0.2, 0.25) is 0 Å². The van der Waals surface area contributed by atoms with E-state index in [1.165, 1.54) is 0 Å². The predicted octanol–water partition coefficient (Wildman–Crippen LogP) is 2.76. The minimum absolute atomic E-state index is 0.0239. The molecule has 0 atom stereocenters. The first-order chi connectivity index (χ1) is 9.73. The van der Waals surface area contributed by atoms with Crippen LogP contribution in [0.25, 0.3) is 0 Å². The van der Waals surface area contributed by atoms with Crippen molar-refractivity contribution in [1.29, 1.82) is 0 Å². The van der Waals surface area contributed by atoms with Gasteiger partial charge in [0.05, 0.1) is 13.5 Å². The molecule has 0 heterocycles. The Hall–Kier alpha value is -1.56. The molecule has 0 bridgehead atoms. The van der Waals surface area contributed by atoms with Gasteiger partial charge in [-0.2, -0.15) is 0 Å². The summed E-state index contributed by atoms with van der Waals surface area (Å²) in [6.07, 6.45) is 0.609. The van der Waals surface area contributed by atoms with Gasteiger partial charge in [0.1, 0.15) is 5.75 Å². The zero-order chi connectivity index (χ0) is 16.0. The summed E-state index contributed by atoms with van der Waals surface area (Å²) in [5.74, 6) is -0.335. The second kappa shape index (κ2) is 7.45. The van der Waals surface area contributed by atoms with Crippen molar-refractivity contribution in [3.8, 4) is 5.75 Å². The lowest BCUT2D eigenvalue weighted by Crippen LogP contribution is -2.44. The molecule has 0 aliphatic carbocycles. The largest absolute Gasteiger partial charge is 0.497 e. The maximum Gasteiger partial charge on any atom is 0.303 e. The summed E-state index contributed by atoms with van der Waals surface area (Å²) in [5, 5.41) is 11.6. The molecule has 116 valence electrons. The summed E-state index contributed by atoms with van der Waals surface area (Å²) in [5.41, 5.74) is 0.266. The van der Waals surface area contributed by atoms with Gasteiger partial charge in [0.2, 0.25) is 5.91 Å². The van der Waals surface area contributed by atoms with E-state index in [4.69, 9.17) is 9.84 Å². The molecule has 1 amide bonds. The van der Waals surface area contributed by atoms with E-state index in [0.29, 0.717) is 12.2 Å². The van der Waals surface area contributed by atoms with Gasteiger partial charge in [0, 0.05) is 16.4 Å². The number of halogens is 1. The number of hydrogen-bond donors (Lipinski definition) is 2. The van der Waals surface area contributed by atoms with Gasteiger partial charge in [-0.05, 0) is 44.0 Å². The Morgan fingerprint density at radius 2 is 2.05 bits per heavy atom. The molecule has 2 N–H and O–H groups in total. The highest BCUT2D eigenvalue weighted by molar-refractivity contribution is 9.10. The number of aliphatic carboxylic acids is 1. The zero-order valence-electron chi connectivity index (χ0n) is 12.4. The summed E-state index contributed by atoms with van der Waals surface area (Å²) in [6.45, 7) is 3.63. The van der Waals surface area contributed by atoms with Gasteiger partial charge in [-0.15, -0.1) is 0 Å². The molecular weight excluding hydrogens is 338 g/mol. The molecule has 21 heavy (non-hydrogen) atoms. The quantitative estimate of drug-likeness (QED) is 0.786. The Bertz CT molecular complexity index is 528. The second-order valence-corrected chi connectivity index (χ2v) is 6.31. The van der Waals surface area contributed by atoms with Crippen LogP contribution in [0, 0.1) is 0 Å². The molecular formula is C15H20BrNO4. The van der Waals surface area contributed by atoms with Crippen molar-refractivity contribution in [3.05, 3.63) is 28.2 Å². The van der Waals surface area contributed by atoms with Crippen molar-refractivity contribution in [2.45, 2.75) is 38.6 Å². The topological polar surface area (TPSA) is 75.6 Å². The van der Waals surface area contributed by atoms with Crippen molar-refractivity contribution in [2.75, 3.05) is 7.11 Å². The van der Waals surface area contributed by atoms with E-state index in [1.807, 2.05) is 26.0 Å². The lowest BCUT2D eigenvalue weighted by molar-refractivity contribution is -0.137. The highest BCUT2D eigenvalue weighted by Crippen LogP contribution is 2.23. The van der Waals surface area contributed by atoms with Crippen LogP contribution in [0.3, 0.4) is 0 Å². The standard InChI is InChI=1S/C15H20BrNO4/c1-15(2,7-6-14(19)20)17-13(18)9-10-8-11(21-3)4-5-12(10)16/h4-5,8H,6-7,9H2,1-3H3,(H,17,18)(H,19,20). The van der Waals surface area contributed by atoms with Crippen molar-refractivity contribution in [1.82, 2.24) is 5.32 Å². The number of methoxy groups -OCH3 is 1. The van der Waals surface area contributed by atoms with Crippen LogP contribution in [0.1, 0.15) is 32.3 Å². The van der Waals surface area contributed by atoms with E-state index in [2.05, 4.69) is 21.2 Å². The second-order valence-electron chi connectivity index (χ2n) is 5.46. The number of nitrogens with one attached hydrogen (secondary N) is 1. The summed E-state index contributed by atoms with van der Waals surface area (Å²) in [7, 11) is 1.57. The minimum Gasteiger partial charge on any atom is -0.497 e. The van der Waals surface area contributed by atoms with Crippen molar-refractivity contribution in [3.63, 3.8) is 0 Å². The predicted molar refractivity (Wildman–Crippen MR) is 83.5 cm³/mol. The maximum atomic E-state index is 12.1. The van der Waals surface area contributed by atoms with Gasteiger partial charge in [-0.1, -0.05) is 15.9 Å². The molecule has 0 unspecified atom stereocenters. The molecule has 0 fully saturated rings. The Morgan fingerprint density at radius 1 is 1.38 bits per heavy atom. The van der Waals surface area contributed by atoms with E-state index in [1.54, 1.807) is 13.2 Å². The third-order valence-electron chi connectivity index (χ3n) is 3.05.